The molecule has 9 heteroatoms. The maximum Gasteiger partial charge on any atom is 0.266 e. The number of anilines is 1. The number of thioether (sulfide) groups is 1. The van der Waals surface area contributed by atoms with Gasteiger partial charge in [-0.15, -0.1) is 0 Å². The molecule has 0 bridgehead atoms. The van der Waals surface area contributed by atoms with Crippen LogP contribution in [-0.2, 0) is 9.59 Å². The molecule has 3 rings (SSSR count). The molecule has 0 spiro atoms. The van der Waals surface area contributed by atoms with Gasteiger partial charge in [0, 0.05) is 23.7 Å². The molecule has 2 aromatic rings. The van der Waals surface area contributed by atoms with E-state index in [2.05, 4.69) is 5.32 Å². The molecule has 162 valence electrons. The predicted octanol–water partition coefficient (Wildman–Crippen LogP) is 7.05. The molecule has 2 aromatic carbocycles. The van der Waals surface area contributed by atoms with Gasteiger partial charge in [0.2, 0.25) is 5.91 Å². The maximum atomic E-state index is 12.7. The number of thiocarbonyl (C=S) groups is 1. The number of halogens is 3. The Balaban J connectivity index is 1.41. The van der Waals surface area contributed by atoms with Crippen molar-refractivity contribution in [3.63, 3.8) is 0 Å². The van der Waals surface area contributed by atoms with E-state index >= 15 is 0 Å². The van der Waals surface area contributed by atoms with Crippen LogP contribution in [0, 0.1) is 0 Å². The number of benzene rings is 2. The summed E-state index contributed by atoms with van der Waals surface area (Å²) in [4.78, 5) is 27.0. The van der Waals surface area contributed by atoms with E-state index in [0.717, 1.165) is 18.4 Å². The summed E-state index contributed by atoms with van der Waals surface area (Å²) in [5.41, 5.74) is 1.52. The van der Waals surface area contributed by atoms with E-state index in [1.807, 2.05) is 18.2 Å². The van der Waals surface area contributed by atoms with Crippen LogP contribution in [0.15, 0.2) is 47.4 Å². The van der Waals surface area contributed by atoms with Crippen molar-refractivity contribution in [1.29, 1.82) is 0 Å². The van der Waals surface area contributed by atoms with Crippen molar-refractivity contribution in [2.45, 2.75) is 25.7 Å². The number of carbonyl (C=O) groups is 2. The Labute approximate surface area is 205 Å². The second-order valence-electron chi connectivity index (χ2n) is 6.87. The Morgan fingerprint density at radius 2 is 1.77 bits per heavy atom. The number of nitrogens with zero attached hydrogens (tertiary/aromatic N) is 1. The van der Waals surface area contributed by atoms with Gasteiger partial charge in [-0.2, -0.15) is 0 Å². The minimum absolute atomic E-state index is 0.0812. The zero-order chi connectivity index (χ0) is 22.4. The summed E-state index contributed by atoms with van der Waals surface area (Å²) in [6.45, 7) is 0.539. The Morgan fingerprint density at radius 1 is 1.03 bits per heavy atom. The molecule has 1 fully saturated rings. The summed E-state index contributed by atoms with van der Waals surface area (Å²) in [5.74, 6) is -0.169. The quantitative estimate of drug-likeness (QED) is 0.233. The van der Waals surface area contributed by atoms with Crippen molar-refractivity contribution in [1.82, 2.24) is 4.90 Å². The largest absolute Gasteiger partial charge is 0.326 e. The third-order valence-electron chi connectivity index (χ3n) is 4.53. The SMILES string of the molecule is O=C(CCCCCN1C(=O)/C(=C/c2ccc(Cl)cc2)SC1=S)Nc1ccc(Cl)c(Cl)c1. The van der Waals surface area contributed by atoms with Gasteiger partial charge in [0.1, 0.15) is 4.32 Å². The molecule has 0 aromatic heterocycles. The van der Waals surface area contributed by atoms with Crippen LogP contribution >= 0.6 is 58.8 Å². The number of hydrogen-bond donors (Lipinski definition) is 1. The van der Waals surface area contributed by atoms with Gasteiger partial charge in [0.25, 0.3) is 5.91 Å². The Bertz CT molecular complexity index is 1030. The van der Waals surface area contributed by atoms with Crippen LogP contribution in [0.2, 0.25) is 15.1 Å². The topological polar surface area (TPSA) is 49.4 Å². The first kappa shape index (κ1) is 24.1. The van der Waals surface area contributed by atoms with Crippen molar-refractivity contribution in [3.05, 3.63) is 68.0 Å². The maximum absolute atomic E-state index is 12.7. The van der Waals surface area contributed by atoms with Gasteiger partial charge in [-0.25, -0.2) is 0 Å². The molecule has 1 saturated heterocycles. The van der Waals surface area contributed by atoms with Crippen LogP contribution in [-0.4, -0.2) is 27.6 Å². The minimum Gasteiger partial charge on any atom is -0.326 e. The lowest BCUT2D eigenvalue weighted by molar-refractivity contribution is -0.122. The van der Waals surface area contributed by atoms with Gasteiger partial charge < -0.3 is 5.32 Å². The molecule has 2 amide bonds. The van der Waals surface area contributed by atoms with Crippen molar-refractivity contribution in [3.8, 4) is 0 Å². The van der Waals surface area contributed by atoms with E-state index in [-0.39, 0.29) is 11.8 Å². The van der Waals surface area contributed by atoms with Crippen molar-refractivity contribution in [2.75, 3.05) is 11.9 Å². The van der Waals surface area contributed by atoms with Crippen molar-refractivity contribution >= 4 is 86.7 Å². The first-order valence-corrected chi connectivity index (χ1v) is 11.9. The third kappa shape index (κ3) is 6.96. The van der Waals surface area contributed by atoms with E-state index < -0.39 is 0 Å². The van der Waals surface area contributed by atoms with Crippen LogP contribution in [0.3, 0.4) is 0 Å². The van der Waals surface area contributed by atoms with Crippen molar-refractivity contribution < 1.29 is 9.59 Å². The van der Waals surface area contributed by atoms with E-state index in [1.54, 1.807) is 35.2 Å². The molecule has 1 heterocycles. The predicted molar refractivity (Wildman–Crippen MR) is 135 cm³/mol. The molecule has 1 aliphatic rings. The zero-order valence-electron chi connectivity index (χ0n) is 16.4. The normalized spacial score (nSPS) is 15.1. The second-order valence-corrected chi connectivity index (χ2v) is 9.80. The summed E-state index contributed by atoms with van der Waals surface area (Å²) in [6.07, 6.45) is 4.49. The molecular weight excluding hydrogens is 495 g/mol. The lowest BCUT2D eigenvalue weighted by Crippen LogP contribution is -2.29. The average molecular weight is 514 g/mol. The van der Waals surface area contributed by atoms with Gasteiger partial charge in [-0.05, 0) is 54.8 Å². The first-order valence-electron chi connectivity index (χ1n) is 9.59. The Morgan fingerprint density at radius 3 is 2.48 bits per heavy atom. The van der Waals surface area contributed by atoms with Crippen LogP contribution in [0.1, 0.15) is 31.2 Å². The molecule has 31 heavy (non-hydrogen) atoms. The summed E-state index contributed by atoms with van der Waals surface area (Å²) >= 11 is 24.4. The minimum atomic E-state index is -0.0881. The summed E-state index contributed by atoms with van der Waals surface area (Å²) in [6, 6.07) is 12.3. The average Bonchev–Trinajstić information content (AvgIpc) is 2.99. The number of rotatable bonds is 8. The number of hydrogen-bond acceptors (Lipinski definition) is 4. The van der Waals surface area contributed by atoms with Gasteiger partial charge in [0.05, 0.1) is 15.0 Å². The molecule has 1 aliphatic heterocycles. The van der Waals surface area contributed by atoms with Crippen LogP contribution in [0.4, 0.5) is 5.69 Å². The molecule has 0 atom stereocenters. The standard InChI is InChI=1S/C22H19Cl3N2O2S2/c23-15-7-5-14(6-8-15)12-19-21(29)27(22(30)31-19)11-3-1-2-4-20(28)26-16-9-10-17(24)18(25)13-16/h5-10,12-13H,1-4,11H2,(H,26,28)/b19-12-. The highest BCUT2D eigenvalue weighted by molar-refractivity contribution is 8.26. The summed E-state index contributed by atoms with van der Waals surface area (Å²) in [5, 5.41) is 4.29. The monoisotopic (exact) mass is 512 g/mol. The fraction of sp³-hybridized carbons (Fsp3) is 0.227. The summed E-state index contributed by atoms with van der Waals surface area (Å²) in [7, 11) is 0. The first-order chi connectivity index (χ1) is 14.8. The number of nitrogens with one attached hydrogen (secondary N) is 1. The Kier molecular flexibility index (Phi) is 8.81. The Hall–Kier alpha value is -1.57. The van der Waals surface area contributed by atoms with Crippen molar-refractivity contribution in [2.24, 2.45) is 0 Å². The highest BCUT2D eigenvalue weighted by atomic mass is 35.5. The van der Waals surface area contributed by atoms with E-state index in [9.17, 15) is 9.59 Å². The van der Waals surface area contributed by atoms with Crippen LogP contribution in [0.5, 0.6) is 0 Å². The van der Waals surface area contributed by atoms with E-state index in [1.165, 1.54) is 11.8 Å². The molecular formula is C22H19Cl3N2O2S2. The van der Waals surface area contributed by atoms with Gasteiger partial charge >= 0.3 is 0 Å². The molecule has 0 radical (unpaired) electrons. The smallest absolute Gasteiger partial charge is 0.266 e. The number of carbonyl (C=O) groups excluding carboxylic acids is 2. The van der Waals surface area contributed by atoms with Crippen LogP contribution < -0.4 is 5.32 Å². The van der Waals surface area contributed by atoms with Crippen LogP contribution in [0.25, 0.3) is 6.08 Å². The van der Waals surface area contributed by atoms with E-state index in [4.69, 9.17) is 47.0 Å². The fourth-order valence-corrected chi connectivity index (χ4v) is 4.67. The highest BCUT2D eigenvalue weighted by Crippen LogP contribution is 2.33. The molecule has 4 nitrogen and oxygen atoms in total. The molecule has 0 saturated carbocycles. The lowest BCUT2D eigenvalue weighted by atomic mass is 10.1. The number of amides is 2. The molecule has 1 N–H and O–H groups in total. The summed E-state index contributed by atoms with van der Waals surface area (Å²) < 4.78 is 0.558. The zero-order valence-corrected chi connectivity index (χ0v) is 20.3. The third-order valence-corrected chi connectivity index (χ3v) is 6.90. The number of unbranched alkanes of at least 4 members (excludes halogenated alkanes) is 2. The van der Waals surface area contributed by atoms with Gasteiger partial charge in [-0.1, -0.05) is 77.3 Å². The molecule has 0 unspecified atom stereocenters. The van der Waals surface area contributed by atoms with Gasteiger partial charge in [0.15, 0.2) is 0 Å². The van der Waals surface area contributed by atoms with E-state index in [0.29, 0.717) is 49.4 Å². The second kappa shape index (κ2) is 11.3. The highest BCUT2D eigenvalue weighted by Gasteiger charge is 2.31. The fourth-order valence-electron chi connectivity index (χ4n) is 2.93. The van der Waals surface area contributed by atoms with Gasteiger partial charge in [-0.3, -0.25) is 14.5 Å². The lowest BCUT2D eigenvalue weighted by Gasteiger charge is -2.14. The molecule has 0 aliphatic carbocycles.